The van der Waals surface area contributed by atoms with E-state index in [-0.39, 0.29) is 33.8 Å². The van der Waals surface area contributed by atoms with Crippen molar-refractivity contribution >= 4 is 11.0 Å². The van der Waals surface area contributed by atoms with Gasteiger partial charge in [-0.1, -0.05) is 0 Å². The topological polar surface area (TPSA) is 328 Å². The van der Waals surface area contributed by atoms with Gasteiger partial charge in [-0.15, -0.1) is 0 Å². The summed E-state index contributed by atoms with van der Waals surface area (Å²) in [6.45, 7) is 0.180. The van der Waals surface area contributed by atoms with E-state index in [0.717, 1.165) is 24.3 Å². The van der Waals surface area contributed by atoms with E-state index in [0.29, 0.717) is 0 Å². The largest absolute Gasteiger partial charge is 0.507 e. The van der Waals surface area contributed by atoms with Gasteiger partial charge in [-0.25, -0.2) is 0 Å². The average Bonchev–Trinajstić information content (AvgIpc) is 3.12. The Kier molecular flexibility index (Phi) is 11.5. The summed E-state index contributed by atoms with van der Waals surface area (Å²) in [5, 5.41) is 123. The first-order valence-electron chi connectivity index (χ1n) is 16.4. The molecule has 3 fully saturated rings. The number of aliphatic hydroxyl groups is 10. The van der Waals surface area contributed by atoms with Crippen LogP contribution in [-0.2, 0) is 18.9 Å². The number of fused-ring (bicyclic) bond motifs is 1. The van der Waals surface area contributed by atoms with E-state index in [4.69, 9.17) is 32.8 Å². The van der Waals surface area contributed by atoms with Crippen LogP contribution >= 0.6 is 0 Å². The molecule has 0 bridgehead atoms. The summed E-state index contributed by atoms with van der Waals surface area (Å²) in [7, 11) is 0. The van der Waals surface area contributed by atoms with Gasteiger partial charge in [0.15, 0.2) is 23.2 Å². The number of aliphatic hydroxyl groups excluding tert-OH is 10. The number of hydrogen-bond acceptors (Lipinski definition) is 20. The van der Waals surface area contributed by atoms with Crippen LogP contribution in [0, 0.1) is 0 Å². The highest BCUT2D eigenvalue weighted by molar-refractivity contribution is 5.86. The van der Waals surface area contributed by atoms with Gasteiger partial charge in [0.25, 0.3) is 0 Å². The van der Waals surface area contributed by atoms with Crippen molar-refractivity contribution in [3.05, 3.63) is 46.6 Å². The summed E-state index contributed by atoms with van der Waals surface area (Å²) >= 11 is 0. The summed E-state index contributed by atoms with van der Waals surface area (Å²) < 4.78 is 38.8. The van der Waals surface area contributed by atoms with Crippen molar-refractivity contribution in [2.24, 2.45) is 0 Å². The highest BCUT2D eigenvalue weighted by atomic mass is 16.7. The van der Waals surface area contributed by atoms with E-state index in [1.165, 1.54) is 19.1 Å². The van der Waals surface area contributed by atoms with Crippen LogP contribution < -0.4 is 14.9 Å². The Morgan fingerprint density at radius 3 is 1.91 bits per heavy atom. The van der Waals surface area contributed by atoms with Crippen molar-refractivity contribution < 1.29 is 94.1 Å². The Morgan fingerprint density at radius 1 is 0.642 bits per heavy atom. The maximum absolute atomic E-state index is 13.1. The van der Waals surface area contributed by atoms with E-state index in [1.807, 2.05) is 0 Å². The molecule has 3 aliphatic heterocycles. The summed E-state index contributed by atoms with van der Waals surface area (Å²) in [6, 6.07) is 6.91. The van der Waals surface area contributed by atoms with Crippen LogP contribution in [0.3, 0.4) is 0 Å². The van der Waals surface area contributed by atoms with Crippen LogP contribution in [0.25, 0.3) is 22.3 Å². The minimum absolute atomic E-state index is 0.113. The van der Waals surface area contributed by atoms with Gasteiger partial charge >= 0.3 is 0 Å². The lowest BCUT2D eigenvalue weighted by Gasteiger charge is -2.42. The molecule has 0 amide bonds. The van der Waals surface area contributed by atoms with Gasteiger partial charge in [0, 0.05) is 23.8 Å². The third-order valence-corrected chi connectivity index (χ3v) is 9.27. The van der Waals surface area contributed by atoms with Crippen molar-refractivity contribution in [1.29, 1.82) is 0 Å². The number of benzene rings is 2. The van der Waals surface area contributed by atoms with Crippen LogP contribution in [0.2, 0.25) is 0 Å². The van der Waals surface area contributed by atoms with Gasteiger partial charge in [-0.05, 0) is 25.1 Å². The predicted molar refractivity (Wildman–Crippen MR) is 171 cm³/mol. The van der Waals surface area contributed by atoms with E-state index in [9.17, 15) is 66.1 Å². The smallest absolute Gasteiger partial charge is 0.229 e. The maximum atomic E-state index is 13.1. The summed E-state index contributed by atoms with van der Waals surface area (Å²) in [6.07, 6.45) is -23.5. The molecule has 6 rings (SSSR count). The second kappa shape index (κ2) is 15.6. The molecule has 12 N–H and O–H groups in total. The molecule has 15 atom stereocenters. The Balaban J connectivity index is 1.19. The fraction of sp³-hybridized carbons (Fsp3) is 0.545. The zero-order valence-electron chi connectivity index (χ0n) is 27.7. The second-order valence-electron chi connectivity index (χ2n) is 12.9. The lowest BCUT2D eigenvalue weighted by atomic mass is 9.98. The third kappa shape index (κ3) is 7.65. The first-order valence-corrected chi connectivity index (χ1v) is 16.4. The van der Waals surface area contributed by atoms with E-state index in [2.05, 4.69) is 0 Å². The second-order valence-corrected chi connectivity index (χ2v) is 12.9. The normalized spacial score (nSPS) is 37.8. The van der Waals surface area contributed by atoms with E-state index in [1.54, 1.807) is 0 Å². The average molecular weight is 757 g/mol. The zero-order valence-corrected chi connectivity index (χ0v) is 27.7. The summed E-state index contributed by atoms with van der Waals surface area (Å²) in [5.74, 6) is -1.72. The molecule has 1 aromatic heterocycles. The van der Waals surface area contributed by atoms with E-state index < -0.39 is 122 Å². The molecular weight excluding hydrogens is 716 g/mol. The third-order valence-electron chi connectivity index (χ3n) is 9.27. The Morgan fingerprint density at radius 2 is 1.25 bits per heavy atom. The van der Waals surface area contributed by atoms with Gasteiger partial charge in [-0.3, -0.25) is 4.79 Å². The van der Waals surface area contributed by atoms with Crippen molar-refractivity contribution in [3.8, 4) is 34.3 Å². The molecular formula is C33H40O20. The van der Waals surface area contributed by atoms with Crippen molar-refractivity contribution in [1.82, 2.24) is 0 Å². The number of ether oxygens (including phenoxy) is 6. The van der Waals surface area contributed by atoms with Gasteiger partial charge < -0.3 is 94.1 Å². The van der Waals surface area contributed by atoms with Crippen molar-refractivity contribution in [2.45, 2.75) is 99.0 Å². The van der Waals surface area contributed by atoms with E-state index >= 15 is 0 Å². The molecule has 0 radical (unpaired) electrons. The molecule has 20 heteroatoms. The highest BCUT2D eigenvalue weighted by Gasteiger charge is 2.48. The fourth-order valence-corrected chi connectivity index (χ4v) is 6.14. The molecule has 4 heterocycles. The minimum atomic E-state index is -1.85. The number of rotatable bonds is 9. The van der Waals surface area contributed by atoms with Gasteiger partial charge in [0.1, 0.15) is 95.4 Å². The molecule has 0 saturated carbocycles. The van der Waals surface area contributed by atoms with Crippen molar-refractivity contribution in [2.75, 3.05) is 13.2 Å². The number of aromatic hydroxyl groups is 2. The molecule has 3 saturated heterocycles. The Bertz CT molecular complexity index is 1800. The quantitative estimate of drug-likeness (QED) is 0.0992. The molecule has 20 nitrogen and oxygen atoms in total. The molecule has 0 unspecified atom stereocenters. The maximum Gasteiger partial charge on any atom is 0.229 e. The standard InChI is InChI=1S/C33H40O20/c1-10-22(38)25(41)28(44)31(48-10)47-9-20-24(40)27(43)29(45)32(53-20)49-12-5-14(36)21-15(37)7-17(50-18(21)6-12)11-2-3-16(13(35)4-11)51-33-30(46)26(42)23(39)19(8-34)52-33/h2-7,10,19-20,22-36,38-46H,8-9H2,1H3/t10-,19-,20-,22-,23-,24-,25-,26-,27-,28+,29-,30-,31+,32-,33-/m0/s1. The fourth-order valence-electron chi connectivity index (χ4n) is 6.14. The van der Waals surface area contributed by atoms with Crippen LogP contribution in [0.1, 0.15) is 6.92 Å². The Labute approximate surface area is 298 Å². The zero-order chi connectivity index (χ0) is 38.5. The van der Waals surface area contributed by atoms with Crippen LogP contribution in [0.5, 0.6) is 23.0 Å². The molecule has 2 aromatic carbocycles. The SMILES string of the molecule is C[C@@H]1O[C@@H](OC[C@@H]2O[C@H](Oc3cc(O)c4c(=O)cc(-c5ccc(O[C@H]6O[C@@H](CO)[C@H](O)[C@H](O)[C@@H]6O)c(O)c5)oc4c3)[C@@H](O)[C@@H](O)[C@H]2O)[C@H](O)[C@@H](O)[C@H]1O. The molecule has 0 aliphatic carbocycles. The predicted octanol–water partition coefficient (Wildman–Crippen LogP) is -3.92. The molecule has 3 aliphatic rings. The summed E-state index contributed by atoms with van der Waals surface area (Å²) in [5.41, 5.74) is -0.814. The van der Waals surface area contributed by atoms with Crippen molar-refractivity contribution in [3.63, 3.8) is 0 Å². The molecule has 292 valence electrons. The van der Waals surface area contributed by atoms with Crippen LogP contribution in [0.15, 0.2) is 45.6 Å². The lowest BCUT2D eigenvalue weighted by Crippen LogP contribution is -2.61. The van der Waals surface area contributed by atoms with Gasteiger partial charge in [0.05, 0.1) is 19.3 Å². The summed E-state index contributed by atoms with van der Waals surface area (Å²) in [4.78, 5) is 13.1. The monoisotopic (exact) mass is 756 g/mol. The number of hydrogen-bond donors (Lipinski definition) is 12. The Hall–Kier alpha value is -3.71. The minimum Gasteiger partial charge on any atom is -0.507 e. The first kappa shape index (κ1) is 39.0. The molecule has 53 heavy (non-hydrogen) atoms. The molecule has 0 spiro atoms. The highest BCUT2D eigenvalue weighted by Crippen LogP contribution is 2.37. The van der Waals surface area contributed by atoms with Gasteiger partial charge in [-0.2, -0.15) is 0 Å². The number of phenolic OH excluding ortho intramolecular Hbond substituents is 2. The molecule has 3 aromatic rings. The first-order chi connectivity index (χ1) is 25.1. The van der Waals surface area contributed by atoms with Gasteiger partial charge in [0.2, 0.25) is 12.6 Å². The number of phenols is 2. The lowest BCUT2D eigenvalue weighted by molar-refractivity contribution is -0.318. The van der Waals surface area contributed by atoms with Crippen LogP contribution in [0.4, 0.5) is 0 Å². The van der Waals surface area contributed by atoms with Crippen LogP contribution in [-0.4, -0.2) is 167 Å².